The van der Waals surface area contributed by atoms with Gasteiger partial charge in [0.1, 0.15) is 17.1 Å². The van der Waals surface area contributed by atoms with E-state index in [1.165, 1.54) is 30.6 Å². The molecule has 404 valence electrons. The van der Waals surface area contributed by atoms with Gasteiger partial charge in [0.05, 0.1) is 59.5 Å². The average molecular weight is 1060 g/mol. The zero-order valence-electron chi connectivity index (χ0n) is 45.2. The van der Waals surface area contributed by atoms with Crippen molar-refractivity contribution in [3.05, 3.63) is 131 Å². The first-order chi connectivity index (χ1) is 37.3. The van der Waals surface area contributed by atoms with Gasteiger partial charge in [0.2, 0.25) is 5.91 Å². The molecule has 1 aliphatic carbocycles. The Labute approximate surface area is 453 Å². The molecule has 0 saturated carbocycles. The molecule has 0 radical (unpaired) electrons. The van der Waals surface area contributed by atoms with Gasteiger partial charge < -0.3 is 40.0 Å². The maximum atomic E-state index is 14.1. The highest BCUT2D eigenvalue weighted by atomic mass is 16.5. The van der Waals surface area contributed by atoms with Gasteiger partial charge in [-0.15, -0.1) is 0 Å². The summed E-state index contributed by atoms with van der Waals surface area (Å²) >= 11 is 0. The number of pyridine rings is 2. The van der Waals surface area contributed by atoms with Crippen LogP contribution in [-0.4, -0.2) is 121 Å². The molecular formula is C59H66N12O7. The van der Waals surface area contributed by atoms with Crippen molar-refractivity contribution in [2.75, 3.05) is 70.1 Å². The number of imide groups is 1. The standard InChI is InChI=1S/C59H66N12O7/c1-9-51(73)64-45-26-37(63-52-54(78-8)62-31-46(65-52)41-15-18-61-53(44(41)33-72)70-23-22-69-48(57(70)76)25-36-29-58(4,5)30-49(36)69)10-13-47(45)68-21-20-66(32-35(68)3)38-16-19-67(34(2)24-38)39-11-12-42-43(27-39)56(75)71(55(42)74)40-14-17-60-50(28-40)59(6,7)77/h9-15,17-18,25-28,31,34-35,38,72,77H,1,16,19-24,29-30,32-33H2,2-8H3,(H,63,65)(H,64,73)/t34-,35-,38?/m0/s1. The summed E-state index contributed by atoms with van der Waals surface area (Å²) in [5.74, 6) is -0.419. The Morgan fingerprint density at radius 2 is 1.65 bits per heavy atom. The number of methoxy groups -OCH3 is 1. The van der Waals surface area contributed by atoms with E-state index in [0.29, 0.717) is 93.7 Å². The van der Waals surface area contributed by atoms with Crippen molar-refractivity contribution in [3.8, 4) is 17.1 Å². The molecule has 6 aromatic rings. The number of fused-ring (bicyclic) bond motifs is 4. The number of hydrogen-bond acceptors (Lipinski definition) is 15. The number of piperazine rings is 1. The Balaban J connectivity index is 0.771. The largest absolute Gasteiger partial charge is 0.478 e. The third-order valence-corrected chi connectivity index (χ3v) is 16.1. The van der Waals surface area contributed by atoms with Gasteiger partial charge >= 0.3 is 0 Å². The minimum atomic E-state index is -1.24. The van der Waals surface area contributed by atoms with Gasteiger partial charge in [0, 0.05) is 98.0 Å². The first-order valence-corrected chi connectivity index (χ1v) is 26.7. The minimum Gasteiger partial charge on any atom is -0.478 e. The van der Waals surface area contributed by atoms with E-state index >= 15 is 0 Å². The number of rotatable bonds is 13. The van der Waals surface area contributed by atoms with Crippen LogP contribution in [0.2, 0.25) is 0 Å². The van der Waals surface area contributed by atoms with Crippen LogP contribution < -0.4 is 35.0 Å². The van der Waals surface area contributed by atoms with Crippen LogP contribution in [0.4, 0.5) is 40.1 Å². The molecule has 8 heterocycles. The third-order valence-electron chi connectivity index (χ3n) is 16.1. The summed E-state index contributed by atoms with van der Waals surface area (Å²) in [6.45, 7) is 19.6. The Morgan fingerprint density at radius 3 is 2.40 bits per heavy atom. The fourth-order valence-electron chi connectivity index (χ4n) is 12.3. The molecule has 0 spiro atoms. The van der Waals surface area contributed by atoms with Crippen LogP contribution in [0.15, 0.2) is 91.9 Å². The highest BCUT2D eigenvalue weighted by Gasteiger charge is 2.41. The normalized spacial score (nSPS) is 20.2. The second kappa shape index (κ2) is 20.1. The molecular weight excluding hydrogens is 989 g/mol. The number of hydrogen-bond donors (Lipinski definition) is 4. The van der Waals surface area contributed by atoms with Crippen molar-refractivity contribution < 1.29 is 34.1 Å². The van der Waals surface area contributed by atoms with E-state index in [4.69, 9.17) is 9.72 Å². The van der Waals surface area contributed by atoms with Crippen LogP contribution in [0.5, 0.6) is 5.88 Å². The molecule has 1 unspecified atom stereocenters. The Kier molecular flexibility index (Phi) is 13.4. The molecule has 5 aliphatic rings. The quantitative estimate of drug-likeness (QED) is 0.0652. The molecule has 4 aliphatic heterocycles. The summed E-state index contributed by atoms with van der Waals surface area (Å²) in [7, 11) is 1.51. The monoisotopic (exact) mass is 1050 g/mol. The maximum Gasteiger partial charge on any atom is 0.276 e. The number of nitrogens with zero attached hydrogens (tertiary/aromatic N) is 10. The van der Waals surface area contributed by atoms with E-state index in [-0.39, 0.29) is 35.2 Å². The predicted molar refractivity (Wildman–Crippen MR) is 299 cm³/mol. The molecule has 2 aromatic carbocycles. The van der Waals surface area contributed by atoms with E-state index in [9.17, 15) is 29.4 Å². The van der Waals surface area contributed by atoms with E-state index in [0.717, 1.165) is 61.6 Å². The fraction of sp³-hybridized carbons (Fsp3) is 0.390. The van der Waals surface area contributed by atoms with Crippen LogP contribution in [0.25, 0.3) is 11.3 Å². The molecule has 19 heteroatoms. The van der Waals surface area contributed by atoms with Gasteiger partial charge in [-0.2, -0.15) is 0 Å². The van der Waals surface area contributed by atoms with E-state index in [1.807, 2.05) is 36.4 Å². The highest BCUT2D eigenvalue weighted by Crippen LogP contribution is 2.42. The van der Waals surface area contributed by atoms with Crippen molar-refractivity contribution in [1.29, 1.82) is 0 Å². The van der Waals surface area contributed by atoms with Gasteiger partial charge in [-0.1, -0.05) is 20.4 Å². The zero-order valence-corrected chi connectivity index (χ0v) is 45.2. The molecule has 3 atom stereocenters. The van der Waals surface area contributed by atoms with Gasteiger partial charge in [-0.25, -0.2) is 19.9 Å². The molecule has 4 N–H and O–H groups in total. The average Bonchev–Trinajstić information content (AvgIpc) is 4.25. The maximum absolute atomic E-state index is 14.1. The molecule has 4 aromatic heterocycles. The van der Waals surface area contributed by atoms with Gasteiger partial charge in [0.15, 0.2) is 5.82 Å². The number of piperidine rings is 1. The number of anilines is 7. The summed E-state index contributed by atoms with van der Waals surface area (Å²) in [6.07, 6.45) is 9.59. The zero-order chi connectivity index (χ0) is 54.9. The minimum absolute atomic E-state index is 0.0842. The molecule has 4 amide bonds. The predicted octanol–water partition coefficient (Wildman–Crippen LogP) is 7.49. The number of benzene rings is 2. The smallest absolute Gasteiger partial charge is 0.276 e. The Bertz CT molecular complexity index is 3420. The van der Waals surface area contributed by atoms with E-state index in [2.05, 4.69) is 79.1 Å². The molecule has 78 heavy (non-hydrogen) atoms. The molecule has 2 saturated heterocycles. The lowest BCUT2D eigenvalue weighted by Gasteiger charge is -2.48. The van der Waals surface area contributed by atoms with Crippen LogP contribution >= 0.6 is 0 Å². The summed E-state index contributed by atoms with van der Waals surface area (Å²) < 4.78 is 7.83. The number of carbonyl (C=O) groups excluding carboxylic acids is 4. The van der Waals surface area contributed by atoms with Crippen LogP contribution in [0, 0.1) is 5.41 Å². The van der Waals surface area contributed by atoms with E-state index in [1.54, 1.807) is 55.4 Å². The highest BCUT2D eigenvalue weighted by molar-refractivity contribution is 6.34. The van der Waals surface area contributed by atoms with Crippen LogP contribution in [0.1, 0.15) is 108 Å². The van der Waals surface area contributed by atoms with Gasteiger partial charge in [0.25, 0.3) is 23.6 Å². The molecule has 11 rings (SSSR count). The van der Waals surface area contributed by atoms with E-state index < -0.39 is 24.0 Å². The summed E-state index contributed by atoms with van der Waals surface area (Å²) in [5, 5.41) is 27.8. The Morgan fingerprint density at radius 1 is 0.859 bits per heavy atom. The number of ether oxygens (including phenoxy) is 1. The number of aromatic nitrogens is 5. The van der Waals surface area contributed by atoms with Crippen molar-refractivity contribution in [2.24, 2.45) is 5.41 Å². The summed E-state index contributed by atoms with van der Waals surface area (Å²) in [6, 6.07) is 18.8. The van der Waals surface area contributed by atoms with Crippen molar-refractivity contribution in [2.45, 2.75) is 104 Å². The lowest BCUT2D eigenvalue weighted by Crippen LogP contribution is -2.58. The van der Waals surface area contributed by atoms with Crippen molar-refractivity contribution in [3.63, 3.8) is 0 Å². The first-order valence-electron chi connectivity index (χ1n) is 26.7. The topological polar surface area (TPSA) is 215 Å². The third kappa shape index (κ3) is 9.42. The second-order valence-electron chi connectivity index (χ2n) is 22.5. The van der Waals surface area contributed by atoms with Gasteiger partial charge in [-0.05, 0) is 131 Å². The number of amides is 4. The second-order valence-corrected chi connectivity index (χ2v) is 22.5. The molecule has 0 bridgehead atoms. The summed E-state index contributed by atoms with van der Waals surface area (Å²) in [4.78, 5) is 82.9. The molecule has 19 nitrogen and oxygen atoms in total. The lowest BCUT2D eigenvalue weighted by molar-refractivity contribution is -0.111. The van der Waals surface area contributed by atoms with Crippen molar-refractivity contribution >= 4 is 63.7 Å². The van der Waals surface area contributed by atoms with Crippen LogP contribution in [0.3, 0.4) is 0 Å². The number of nitrogens with one attached hydrogen (secondary N) is 2. The summed E-state index contributed by atoms with van der Waals surface area (Å²) in [5.41, 5.74) is 7.83. The number of aliphatic hydroxyl groups is 2. The molecule has 2 fully saturated rings. The van der Waals surface area contributed by atoms with Crippen LogP contribution in [-0.2, 0) is 36.4 Å². The SMILES string of the molecule is C=CC(=O)Nc1cc(Nc2nc(-c3ccnc(N4CCn5c(cc6c5CC(C)(C)C6)C4=O)c3CO)cnc2OC)ccc1N1CCN(C2CCN(c3ccc4c(c3)C(=O)N(c3ccnc(C(C)(C)O)c3)C4=O)[C@@H](C)C2)C[C@@H]1C. The van der Waals surface area contributed by atoms with Crippen molar-refractivity contribution in [1.82, 2.24) is 29.4 Å². The first kappa shape index (κ1) is 52.1. The number of carbonyl (C=O) groups is 4. The fourth-order valence-corrected chi connectivity index (χ4v) is 12.3. The van der Waals surface area contributed by atoms with Gasteiger partial charge in [-0.3, -0.25) is 34.0 Å². The number of aliphatic hydroxyl groups excluding tert-OH is 1. The lowest BCUT2D eigenvalue weighted by atomic mass is 9.90. The Hall–Kier alpha value is -8.00.